The quantitative estimate of drug-likeness (QED) is 0.711. The van der Waals surface area contributed by atoms with Gasteiger partial charge in [0.25, 0.3) is 5.91 Å². The first-order valence-electron chi connectivity index (χ1n) is 7.75. The number of carbonyl (C=O) groups is 1. The Balaban J connectivity index is 1.78. The summed E-state index contributed by atoms with van der Waals surface area (Å²) >= 11 is 5.99. The molecule has 0 saturated carbocycles. The predicted octanol–water partition coefficient (Wildman–Crippen LogP) is 4.74. The Hall–Kier alpha value is -2.92. The minimum atomic E-state index is -0.319. The molecule has 0 unspecified atom stereocenters. The Labute approximate surface area is 151 Å². The van der Waals surface area contributed by atoms with Gasteiger partial charge in [-0.05, 0) is 55.3 Å². The Morgan fingerprint density at radius 1 is 1.08 bits per heavy atom. The van der Waals surface area contributed by atoms with Crippen LogP contribution in [0.5, 0.6) is 0 Å². The molecule has 1 aromatic heterocycles. The van der Waals surface area contributed by atoms with Crippen LogP contribution in [-0.4, -0.2) is 15.9 Å². The molecule has 0 saturated heterocycles. The summed E-state index contributed by atoms with van der Waals surface area (Å²) in [5, 5.41) is 6.49. The predicted molar refractivity (Wildman–Crippen MR) is 101 cm³/mol. The molecule has 6 heteroatoms. The molecule has 0 aliphatic rings. The molecule has 0 atom stereocenters. The molecule has 2 N–H and O–H groups in total. The van der Waals surface area contributed by atoms with E-state index in [-0.39, 0.29) is 11.6 Å². The lowest BCUT2D eigenvalue weighted by atomic mass is 10.2. The maximum Gasteiger partial charge on any atom is 0.274 e. The summed E-state index contributed by atoms with van der Waals surface area (Å²) in [6, 6.07) is 14.7. The molecular weight excluding hydrogens is 336 g/mol. The number of carbonyl (C=O) groups excluding carboxylic acids is 1. The summed E-state index contributed by atoms with van der Waals surface area (Å²) in [7, 11) is 0. The van der Waals surface area contributed by atoms with Gasteiger partial charge in [-0.1, -0.05) is 29.8 Å². The molecular formula is C19H17ClN4O. The Morgan fingerprint density at radius 2 is 1.92 bits per heavy atom. The van der Waals surface area contributed by atoms with Crippen molar-refractivity contribution in [1.29, 1.82) is 0 Å². The van der Waals surface area contributed by atoms with Crippen molar-refractivity contribution < 1.29 is 4.79 Å². The lowest BCUT2D eigenvalue weighted by Crippen LogP contribution is -2.15. The van der Waals surface area contributed by atoms with Crippen LogP contribution < -0.4 is 10.6 Å². The smallest absolute Gasteiger partial charge is 0.274 e. The molecule has 0 aliphatic heterocycles. The van der Waals surface area contributed by atoms with Crippen LogP contribution in [0.3, 0.4) is 0 Å². The van der Waals surface area contributed by atoms with Gasteiger partial charge in [0.1, 0.15) is 5.69 Å². The second kappa shape index (κ2) is 7.32. The number of aromatic nitrogens is 2. The molecule has 3 aromatic rings. The van der Waals surface area contributed by atoms with Gasteiger partial charge in [-0.3, -0.25) is 4.79 Å². The summed E-state index contributed by atoms with van der Waals surface area (Å²) in [4.78, 5) is 20.9. The van der Waals surface area contributed by atoms with Gasteiger partial charge in [-0.2, -0.15) is 0 Å². The second-order valence-corrected chi connectivity index (χ2v) is 6.11. The van der Waals surface area contributed by atoms with Crippen LogP contribution in [0.1, 0.15) is 21.6 Å². The number of benzene rings is 2. The first-order valence-corrected chi connectivity index (χ1v) is 8.13. The number of nitrogens with one attached hydrogen (secondary N) is 2. The van der Waals surface area contributed by atoms with Crippen molar-refractivity contribution >= 4 is 34.8 Å². The molecule has 0 aliphatic carbocycles. The molecule has 2 aromatic carbocycles. The van der Waals surface area contributed by atoms with Crippen molar-refractivity contribution in [2.45, 2.75) is 13.8 Å². The van der Waals surface area contributed by atoms with Gasteiger partial charge in [-0.25, -0.2) is 9.97 Å². The van der Waals surface area contributed by atoms with Gasteiger partial charge in [0, 0.05) is 22.6 Å². The summed E-state index contributed by atoms with van der Waals surface area (Å²) in [5.74, 6) is 0.0427. The van der Waals surface area contributed by atoms with E-state index in [1.807, 2.05) is 44.2 Å². The molecule has 0 bridgehead atoms. The van der Waals surface area contributed by atoms with Crippen LogP contribution in [0.2, 0.25) is 5.02 Å². The zero-order valence-corrected chi connectivity index (χ0v) is 14.6. The zero-order chi connectivity index (χ0) is 17.8. The van der Waals surface area contributed by atoms with E-state index in [0.717, 1.165) is 16.8 Å². The third-order valence-electron chi connectivity index (χ3n) is 3.61. The maximum absolute atomic E-state index is 12.5. The molecule has 25 heavy (non-hydrogen) atoms. The van der Waals surface area contributed by atoms with Gasteiger partial charge < -0.3 is 10.6 Å². The highest BCUT2D eigenvalue weighted by Crippen LogP contribution is 2.21. The molecule has 5 nitrogen and oxygen atoms in total. The van der Waals surface area contributed by atoms with Gasteiger partial charge in [0.05, 0.1) is 0 Å². The van der Waals surface area contributed by atoms with E-state index in [2.05, 4.69) is 20.6 Å². The third-order valence-corrected chi connectivity index (χ3v) is 3.85. The van der Waals surface area contributed by atoms with Crippen LogP contribution in [-0.2, 0) is 0 Å². The minimum absolute atomic E-state index is 0.268. The molecule has 126 valence electrons. The van der Waals surface area contributed by atoms with E-state index < -0.39 is 0 Å². The molecule has 1 amide bonds. The molecule has 0 spiro atoms. The highest BCUT2D eigenvalue weighted by atomic mass is 35.5. The highest BCUT2D eigenvalue weighted by molar-refractivity contribution is 6.31. The van der Waals surface area contributed by atoms with Crippen LogP contribution in [0.25, 0.3) is 0 Å². The first kappa shape index (κ1) is 16.9. The number of rotatable bonds is 4. The monoisotopic (exact) mass is 352 g/mol. The largest absolute Gasteiger partial charge is 0.324 e. The van der Waals surface area contributed by atoms with Crippen molar-refractivity contribution in [3.8, 4) is 0 Å². The SMILES string of the molecule is Cc1cccc(Nc2nccc(C(=O)Nc3cc(Cl)ccc3C)n2)c1. The lowest BCUT2D eigenvalue weighted by molar-refractivity contribution is 0.102. The van der Waals surface area contributed by atoms with Gasteiger partial charge in [0.2, 0.25) is 5.95 Å². The first-order chi connectivity index (χ1) is 12.0. The summed E-state index contributed by atoms with van der Waals surface area (Å²) < 4.78 is 0. The van der Waals surface area contributed by atoms with Crippen LogP contribution >= 0.6 is 11.6 Å². The summed E-state index contributed by atoms with van der Waals surface area (Å²) in [6.45, 7) is 3.90. The van der Waals surface area contributed by atoms with Gasteiger partial charge in [-0.15, -0.1) is 0 Å². The average molecular weight is 353 g/mol. The minimum Gasteiger partial charge on any atom is -0.324 e. The van der Waals surface area contributed by atoms with Crippen LogP contribution in [0.15, 0.2) is 54.7 Å². The number of aryl methyl sites for hydroxylation is 2. The maximum atomic E-state index is 12.5. The third kappa shape index (κ3) is 4.33. The van der Waals surface area contributed by atoms with Crippen molar-refractivity contribution in [2.24, 2.45) is 0 Å². The average Bonchev–Trinajstić information content (AvgIpc) is 2.58. The van der Waals surface area contributed by atoms with E-state index in [0.29, 0.717) is 16.7 Å². The van der Waals surface area contributed by atoms with Crippen molar-refractivity contribution in [1.82, 2.24) is 9.97 Å². The van der Waals surface area contributed by atoms with Crippen molar-refractivity contribution in [3.63, 3.8) is 0 Å². The Morgan fingerprint density at radius 3 is 2.72 bits per heavy atom. The van der Waals surface area contributed by atoms with Crippen molar-refractivity contribution in [3.05, 3.63) is 76.6 Å². The molecule has 1 heterocycles. The Kier molecular flexibility index (Phi) is 4.95. The Bertz CT molecular complexity index is 927. The van der Waals surface area contributed by atoms with Crippen LogP contribution in [0, 0.1) is 13.8 Å². The molecule has 0 radical (unpaired) electrons. The van der Waals surface area contributed by atoms with Crippen LogP contribution in [0.4, 0.5) is 17.3 Å². The topological polar surface area (TPSA) is 66.9 Å². The number of nitrogens with zero attached hydrogens (tertiary/aromatic N) is 2. The van der Waals surface area contributed by atoms with E-state index >= 15 is 0 Å². The van der Waals surface area contributed by atoms with E-state index in [9.17, 15) is 4.79 Å². The number of hydrogen-bond acceptors (Lipinski definition) is 4. The van der Waals surface area contributed by atoms with E-state index in [4.69, 9.17) is 11.6 Å². The normalized spacial score (nSPS) is 10.4. The standard InChI is InChI=1S/C19H17ClN4O/c1-12-4-3-5-15(10-12)22-19-21-9-8-16(24-19)18(25)23-17-11-14(20)7-6-13(17)2/h3-11H,1-2H3,(H,23,25)(H,21,22,24). The fourth-order valence-corrected chi connectivity index (χ4v) is 2.48. The molecule has 0 fully saturated rings. The number of hydrogen-bond donors (Lipinski definition) is 2. The van der Waals surface area contributed by atoms with Crippen molar-refractivity contribution in [2.75, 3.05) is 10.6 Å². The summed E-state index contributed by atoms with van der Waals surface area (Å²) in [5.41, 5.74) is 3.83. The molecule has 3 rings (SSSR count). The van der Waals surface area contributed by atoms with E-state index in [1.54, 1.807) is 24.4 Å². The van der Waals surface area contributed by atoms with E-state index in [1.165, 1.54) is 0 Å². The van der Waals surface area contributed by atoms with Gasteiger partial charge >= 0.3 is 0 Å². The lowest BCUT2D eigenvalue weighted by Gasteiger charge is -2.10. The fourth-order valence-electron chi connectivity index (χ4n) is 2.31. The zero-order valence-electron chi connectivity index (χ0n) is 13.9. The number of amides is 1. The van der Waals surface area contributed by atoms with Gasteiger partial charge in [0.15, 0.2) is 0 Å². The second-order valence-electron chi connectivity index (χ2n) is 5.67. The number of halogens is 1. The highest BCUT2D eigenvalue weighted by Gasteiger charge is 2.11. The fraction of sp³-hybridized carbons (Fsp3) is 0.105. The summed E-state index contributed by atoms with van der Waals surface area (Å²) in [6.07, 6.45) is 1.55. The number of anilines is 3.